The fraction of sp³-hybridized carbons (Fsp3) is 0.889. The standard InChI is InChI=1S/C18H34O7S/c1-3-5-6-7-8-9-10-11-12-25-18(26(19,20)21)17-24-16-15-23-14-13-22-4-2/h18H,3-10,13-17H2,1-2H3,(H,19,20,21). The molecule has 0 fully saturated rings. The van der Waals surface area contributed by atoms with Gasteiger partial charge in [0.15, 0.2) is 0 Å². The zero-order chi connectivity index (χ0) is 19.5. The van der Waals surface area contributed by atoms with E-state index in [-0.39, 0.29) is 13.2 Å². The average molecular weight is 395 g/mol. The van der Waals surface area contributed by atoms with Crippen LogP contribution in [0.1, 0.15) is 58.8 Å². The summed E-state index contributed by atoms with van der Waals surface area (Å²) in [7, 11) is -4.39. The van der Waals surface area contributed by atoms with Gasteiger partial charge in [-0.15, -0.1) is 0 Å². The summed E-state index contributed by atoms with van der Waals surface area (Å²) in [6, 6.07) is 0. The number of rotatable bonds is 17. The first-order valence-corrected chi connectivity index (χ1v) is 10.9. The predicted octanol–water partition coefficient (Wildman–Crippen LogP) is 3.00. The highest BCUT2D eigenvalue weighted by Gasteiger charge is 2.24. The van der Waals surface area contributed by atoms with Gasteiger partial charge in [0.1, 0.15) is 12.7 Å². The van der Waals surface area contributed by atoms with Gasteiger partial charge in [0.05, 0.1) is 26.4 Å². The summed E-state index contributed by atoms with van der Waals surface area (Å²) in [6.45, 7) is 5.83. The first kappa shape index (κ1) is 25.1. The molecule has 0 aromatic heterocycles. The molecular formula is C18H34O7S. The average Bonchev–Trinajstić information content (AvgIpc) is 2.59. The molecule has 1 N–H and O–H groups in total. The third kappa shape index (κ3) is 16.6. The predicted molar refractivity (Wildman–Crippen MR) is 100 cm³/mol. The van der Waals surface area contributed by atoms with E-state index in [0.29, 0.717) is 32.8 Å². The van der Waals surface area contributed by atoms with Crippen LogP contribution in [0.25, 0.3) is 0 Å². The summed E-state index contributed by atoms with van der Waals surface area (Å²) in [5.74, 6) is 2.77. The van der Waals surface area contributed by atoms with Crippen molar-refractivity contribution in [2.75, 3.05) is 39.6 Å². The summed E-state index contributed by atoms with van der Waals surface area (Å²) >= 11 is 0. The summed E-state index contributed by atoms with van der Waals surface area (Å²) in [4.78, 5) is 0. The molecule has 1 atom stereocenters. The molecular weight excluding hydrogens is 360 g/mol. The summed E-state index contributed by atoms with van der Waals surface area (Å²) in [5, 5.41) is 0. The molecule has 26 heavy (non-hydrogen) atoms. The Kier molecular flexibility index (Phi) is 17.0. The fourth-order valence-corrected chi connectivity index (χ4v) is 2.43. The molecule has 0 aromatic carbocycles. The molecule has 7 nitrogen and oxygen atoms in total. The molecule has 0 amide bonds. The van der Waals surface area contributed by atoms with Crippen molar-refractivity contribution in [3.05, 3.63) is 0 Å². The molecule has 154 valence electrons. The molecule has 0 saturated heterocycles. The highest BCUT2D eigenvalue weighted by atomic mass is 32.2. The Morgan fingerprint density at radius 2 is 1.50 bits per heavy atom. The highest BCUT2D eigenvalue weighted by molar-refractivity contribution is 7.86. The van der Waals surface area contributed by atoms with E-state index >= 15 is 0 Å². The van der Waals surface area contributed by atoms with Crippen molar-refractivity contribution in [1.82, 2.24) is 0 Å². The van der Waals surface area contributed by atoms with E-state index in [1.54, 1.807) is 0 Å². The van der Waals surface area contributed by atoms with Crippen LogP contribution in [0.3, 0.4) is 0 Å². The Bertz CT molecular complexity index is 468. The largest absolute Gasteiger partial charge is 0.422 e. The van der Waals surface area contributed by atoms with Gasteiger partial charge < -0.3 is 18.9 Å². The zero-order valence-electron chi connectivity index (χ0n) is 16.1. The highest BCUT2D eigenvalue weighted by Crippen LogP contribution is 2.06. The van der Waals surface area contributed by atoms with Gasteiger partial charge >= 0.3 is 10.1 Å². The first-order chi connectivity index (χ1) is 12.5. The van der Waals surface area contributed by atoms with Crippen LogP contribution in [0, 0.1) is 12.0 Å². The van der Waals surface area contributed by atoms with Gasteiger partial charge in [0, 0.05) is 13.0 Å². The number of hydrogen-bond donors (Lipinski definition) is 1. The molecule has 0 aliphatic rings. The molecule has 1 unspecified atom stereocenters. The maximum absolute atomic E-state index is 11.3. The van der Waals surface area contributed by atoms with Crippen LogP contribution in [0.15, 0.2) is 0 Å². The third-order valence-corrected chi connectivity index (χ3v) is 4.35. The fourth-order valence-electron chi connectivity index (χ4n) is 1.99. The molecule has 0 rings (SSSR count). The maximum Gasteiger partial charge on any atom is 0.306 e. The Balaban J connectivity index is 3.86. The number of ether oxygens (including phenoxy) is 4. The second-order valence-corrected chi connectivity index (χ2v) is 7.30. The molecule has 0 saturated carbocycles. The van der Waals surface area contributed by atoms with Crippen LogP contribution in [-0.4, -0.2) is 58.0 Å². The minimum Gasteiger partial charge on any atom is -0.422 e. The van der Waals surface area contributed by atoms with Crippen LogP contribution in [0.4, 0.5) is 0 Å². The molecule has 8 heteroatoms. The van der Waals surface area contributed by atoms with E-state index in [4.69, 9.17) is 23.5 Å². The Morgan fingerprint density at radius 1 is 0.885 bits per heavy atom. The summed E-state index contributed by atoms with van der Waals surface area (Å²) in [6.07, 6.45) is 9.93. The van der Waals surface area contributed by atoms with Gasteiger partial charge in [-0.25, -0.2) is 0 Å². The van der Waals surface area contributed by atoms with Gasteiger partial charge in [-0.05, 0) is 13.3 Å². The van der Waals surface area contributed by atoms with Gasteiger partial charge in [-0.1, -0.05) is 44.9 Å². The monoisotopic (exact) mass is 394 g/mol. The van der Waals surface area contributed by atoms with Crippen molar-refractivity contribution >= 4 is 10.1 Å². The zero-order valence-corrected chi connectivity index (χ0v) is 16.9. The number of hydrogen-bond acceptors (Lipinski definition) is 6. The van der Waals surface area contributed by atoms with Crippen molar-refractivity contribution in [3.63, 3.8) is 0 Å². The van der Waals surface area contributed by atoms with Crippen molar-refractivity contribution in [3.8, 4) is 12.0 Å². The van der Waals surface area contributed by atoms with E-state index in [0.717, 1.165) is 12.8 Å². The minimum absolute atomic E-state index is 0.187. The maximum atomic E-state index is 11.3. The lowest BCUT2D eigenvalue weighted by molar-refractivity contribution is 0.00353. The van der Waals surface area contributed by atoms with E-state index in [1.807, 2.05) is 6.92 Å². The smallest absolute Gasteiger partial charge is 0.306 e. The third-order valence-electron chi connectivity index (χ3n) is 3.45. The Hall–Kier alpha value is -0.850. The van der Waals surface area contributed by atoms with Crippen LogP contribution in [0.5, 0.6) is 0 Å². The normalized spacial score (nSPS) is 12.4. The van der Waals surface area contributed by atoms with Crippen LogP contribution < -0.4 is 0 Å². The van der Waals surface area contributed by atoms with Crippen LogP contribution in [0.2, 0.25) is 0 Å². The molecule has 0 radical (unpaired) electrons. The first-order valence-electron chi connectivity index (χ1n) is 9.35. The van der Waals surface area contributed by atoms with Crippen molar-refractivity contribution < 1.29 is 31.9 Å². The Morgan fingerprint density at radius 3 is 2.15 bits per heavy atom. The van der Waals surface area contributed by atoms with E-state index in [1.165, 1.54) is 25.7 Å². The molecule has 0 aliphatic heterocycles. The SMILES string of the molecule is CCCCCCCCC#COC(COCCOCCOCC)S(=O)(=O)O. The van der Waals surface area contributed by atoms with Crippen molar-refractivity contribution in [1.29, 1.82) is 0 Å². The lowest BCUT2D eigenvalue weighted by Crippen LogP contribution is -2.28. The topological polar surface area (TPSA) is 91.3 Å². The van der Waals surface area contributed by atoms with E-state index in [2.05, 4.69) is 19.0 Å². The molecule has 0 aliphatic carbocycles. The summed E-state index contributed by atoms with van der Waals surface area (Å²) < 4.78 is 52.1. The second kappa shape index (κ2) is 17.6. The van der Waals surface area contributed by atoms with Gasteiger partial charge in [-0.3, -0.25) is 4.55 Å². The molecule has 0 bridgehead atoms. The minimum atomic E-state index is -4.39. The van der Waals surface area contributed by atoms with Gasteiger partial charge in [0.25, 0.3) is 5.44 Å². The number of unbranched alkanes of at least 4 members (excludes halogenated alkanes) is 6. The summed E-state index contributed by atoms with van der Waals surface area (Å²) in [5.41, 5.74) is -1.51. The van der Waals surface area contributed by atoms with Gasteiger partial charge in [-0.2, -0.15) is 8.42 Å². The Labute approximate surface area is 158 Å². The lowest BCUT2D eigenvalue weighted by atomic mass is 10.1. The molecule has 0 heterocycles. The van der Waals surface area contributed by atoms with E-state index < -0.39 is 15.6 Å². The van der Waals surface area contributed by atoms with E-state index in [9.17, 15) is 8.42 Å². The quantitative estimate of drug-likeness (QED) is 0.230. The van der Waals surface area contributed by atoms with Gasteiger partial charge in [0.2, 0.25) is 0 Å². The lowest BCUT2D eigenvalue weighted by Gasteiger charge is -2.12. The van der Waals surface area contributed by atoms with Crippen LogP contribution >= 0.6 is 0 Å². The molecule has 0 spiro atoms. The van der Waals surface area contributed by atoms with Crippen molar-refractivity contribution in [2.24, 2.45) is 0 Å². The van der Waals surface area contributed by atoms with Crippen molar-refractivity contribution in [2.45, 2.75) is 64.2 Å². The van der Waals surface area contributed by atoms with Crippen LogP contribution in [-0.2, 0) is 29.1 Å². The second-order valence-electron chi connectivity index (χ2n) is 5.74. The molecule has 0 aromatic rings.